The highest BCUT2D eigenvalue weighted by molar-refractivity contribution is 5.26. The van der Waals surface area contributed by atoms with Crippen LogP contribution in [0.2, 0.25) is 0 Å². The van der Waals surface area contributed by atoms with Gasteiger partial charge in [-0.25, -0.2) is 0 Å². The molecular weight excluding hydrogens is 226 g/mol. The summed E-state index contributed by atoms with van der Waals surface area (Å²) in [6.07, 6.45) is -0.451. The van der Waals surface area contributed by atoms with E-state index < -0.39 is 6.10 Å². The molecule has 18 heavy (non-hydrogen) atoms. The molecule has 0 saturated heterocycles. The molecule has 0 radical (unpaired) electrons. The Morgan fingerprint density at radius 2 is 1.67 bits per heavy atom. The lowest BCUT2D eigenvalue weighted by Crippen LogP contribution is -2.31. The van der Waals surface area contributed by atoms with E-state index >= 15 is 0 Å². The monoisotopic (exact) mass is 251 g/mol. The molecule has 0 saturated carbocycles. The van der Waals surface area contributed by atoms with Gasteiger partial charge in [0, 0.05) is 19.7 Å². The highest BCUT2D eigenvalue weighted by Crippen LogP contribution is 2.18. The molecule has 0 aliphatic heterocycles. The van der Waals surface area contributed by atoms with Crippen LogP contribution in [0.1, 0.15) is 43.9 Å². The molecular formula is C15H25NO2. The van der Waals surface area contributed by atoms with Crippen molar-refractivity contribution in [2.24, 2.45) is 0 Å². The SMILES string of the molecule is COCC(O)CNC(C)c1ccc(C(C)C)cc1. The van der Waals surface area contributed by atoms with Gasteiger partial charge in [-0.3, -0.25) is 0 Å². The van der Waals surface area contributed by atoms with Crippen LogP contribution in [0.3, 0.4) is 0 Å². The Kier molecular flexibility index (Phi) is 6.33. The fourth-order valence-corrected chi connectivity index (χ4v) is 1.85. The third kappa shape index (κ3) is 4.77. The summed E-state index contributed by atoms with van der Waals surface area (Å²) in [5.74, 6) is 0.561. The first-order valence-electron chi connectivity index (χ1n) is 6.54. The lowest BCUT2D eigenvalue weighted by Gasteiger charge is -2.17. The number of aliphatic hydroxyl groups excluding tert-OH is 1. The number of ether oxygens (including phenoxy) is 1. The van der Waals surface area contributed by atoms with E-state index in [1.165, 1.54) is 11.1 Å². The van der Waals surface area contributed by atoms with Gasteiger partial charge in [0.1, 0.15) is 0 Å². The minimum atomic E-state index is -0.451. The minimum Gasteiger partial charge on any atom is -0.389 e. The van der Waals surface area contributed by atoms with Crippen molar-refractivity contribution < 1.29 is 9.84 Å². The molecule has 102 valence electrons. The predicted octanol–water partition coefficient (Wildman–Crippen LogP) is 2.47. The molecule has 0 aliphatic carbocycles. The van der Waals surface area contributed by atoms with Gasteiger partial charge in [-0.15, -0.1) is 0 Å². The van der Waals surface area contributed by atoms with E-state index in [4.69, 9.17) is 4.74 Å². The summed E-state index contributed by atoms with van der Waals surface area (Å²) in [6.45, 7) is 7.40. The van der Waals surface area contributed by atoms with Gasteiger partial charge in [-0.1, -0.05) is 38.1 Å². The Labute approximate surface area is 110 Å². The molecule has 2 unspecified atom stereocenters. The molecule has 0 fully saturated rings. The summed E-state index contributed by atoms with van der Waals surface area (Å²) < 4.78 is 4.89. The lowest BCUT2D eigenvalue weighted by molar-refractivity contribution is 0.0630. The quantitative estimate of drug-likeness (QED) is 0.782. The van der Waals surface area contributed by atoms with Crippen LogP contribution in [-0.4, -0.2) is 31.5 Å². The number of aliphatic hydroxyl groups is 1. The maximum absolute atomic E-state index is 9.57. The average Bonchev–Trinajstić information content (AvgIpc) is 2.36. The molecule has 0 bridgehead atoms. The molecule has 0 aliphatic rings. The van der Waals surface area contributed by atoms with Crippen molar-refractivity contribution in [3.8, 4) is 0 Å². The molecule has 1 aromatic carbocycles. The van der Waals surface area contributed by atoms with E-state index in [1.54, 1.807) is 7.11 Å². The van der Waals surface area contributed by atoms with Gasteiger partial charge < -0.3 is 15.2 Å². The van der Waals surface area contributed by atoms with Crippen LogP contribution in [0.4, 0.5) is 0 Å². The van der Waals surface area contributed by atoms with E-state index in [-0.39, 0.29) is 6.04 Å². The standard InChI is InChI=1S/C15H25NO2/c1-11(2)13-5-7-14(8-6-13)12(3)16-9-15(17)10-18-4/h5-8,11-12,15-17H,9-10H2,1-4H3. The Morgan fingerprint density at radius 1 is 1.11 bits per heavy atom. The highest BCUT2D eigenvalue weighted by atomic mass is 16.5. The topological polar surface area (TPSA) is 41.5 Å². The maximum atomic E-state index is 9.57. The van der Waals surface area contributed by atoms with Crippen LogP contribution in [0.25, 0.3) is 0 Å². The summed E-state index contributed by atoms with van der Waals surface area (Å²) in [5, 5.41) is 12.9. The van der Waals surface area contributed by atoms with Gasteiger partial charge in [0.05, 0.1) is 12.7 Å². The van der Waals surface area contributed by atoms with Crippen molar-refractivity contribution in [2.45, 2.75) is 38.8 Å². The molecule has 3 nitrogen and oxygen atoms in total. The van der Waals surface area contributed by atoms with Crippen molar-refractivity contribution >= 4 is 0 Å². The van der Waals surface area contributed by atoms with Gasteiger partial charge in [-0.2, -0.15) is 0 Å². The molecule has 0 heterocycles. The van der Waals surface area contributed by atoms with Gasteiger partial charge in [0.15, 0.2) is 0 Å². The Balaban J connectivity index is 2.48. The smallest absolute Gasteiger partial charge is 0.0897 e. The summed E-state index contributed by atoms with van der Waals surface area (Å²) in [6, 6.07) is 8.87. The Bertz CT molecular complexity index is 335. The lowest BCUT2D eigenvalue weighted by atomic mass is 9.99. The van der Waals surface area contributed by atoms with Crippen LogP contribution in [-0.2, 0) is 4.74 Å². The number of nitrogens with one attached hydrogen (secondary N) is 1. The van der Waals surface area contributed by atoms with E-state index in [0.717, 1.165) is 0 Å². The van der Waals surface area contributed by atoms with Crippen LogP contribution in [0.5, 0.6) is 0 Å². The number of hydrogen-bond donors (Lipinski definition) is 2. The Morgan fingerprint density at radius 3 is 2.17 bits per heavy atom. The summed E-state index contributed by atoms with van der Waals surface area (Å²) >= 11 is 0. The first kappa shape index (κ1) is 15.2. The summed E-state index contributed by atoms with van der Waals surface area (Å²) in [7, 11) is 1.59. The first-order chi connectivity index (χ1) is 8.54. The molecule has 2 atom stereocenters. The fraction of sp³-hybridized carbons (Fsp3) is 0.600. The fourth-order valence-electron chi connectivity index (χ4n) is 1.85. The number of methoxy groups -OCH3 is 1. The molecule has 0 amide bonds. The molecule has 0 spiro atoms. The van der Waals surface area contributed by atoms with Crippen LogP contribution >= 0.6 is 0 Å². The summed E-state index contributed by atoms with van der Waals surface area (Å²) in [4.78, 5) is 0. The zero-order valence-electron chi connectivity index (χ0n) is 11.8. The van der Waals surface area contributed by atoms with Gasteiger partial charge in [0.25, 0.3) is 0 Å². The molecule has 2 N–H and O–H groups in total. The second kappa shape index (κ2) is 7.52. The van der Waals surface area contributed by atoms with Crippen molar-refractivity contribution in [2.75, 3.05) is 20.3 Å². The normalized spacial score (nSPS) is 14.8. The maximum Gasteiger partial charge on any atom is 0.0897 e. The van der Waals surface area contributed by atoms with Crippen molar-refractivity contribution in [1.82, 2.24) is 5.32 Å². The largest absolute Gasteiger partial charge is 0.389 e. The molecule has 3 heteroatoms. The number of benzene rings is 1. The van der Waals surface area contributed by atoms with Crippen LogP contribution in [0.15, 0.2) is 24.3 Å². The predicted molar refractivity (Wildman–Crippen MR) is 74.8 cm³/mol. The van der Waals surface area contributed by atoms with Gasteiger partial charge in [0.2, 0.25) is 0 Å². The zero-order valence-corrected chi connectivity index (χ0v) is 11.8. The highest BCUT2D eigenvalue weighted by Gasteiger charge is 2.09. The van der Waals surface area contributed by atoms with Crippen molar-refractivity contribution in [1.29, 1.82) is 0 Å². The third-order valence-corrected chi connectivity index (χ3v) is 3.12. The third-order valence-electron chi connectivity index (χ3n) is 3.12. The average molecular weight is 251 g/mol. The second-order valence-corrected chi connectivity index (χ2v) is 5.06. The zero-order chi connectivity index (χ0) is 13.5. The number of rotatable bonds is 7. The van der Waals surface area contributed by atoms with Crippen molar-refractivity contribution in [3.63, 3.8) is 0 Å². The van der Waals surface area contributed by atoms with Crippen LogP contribution in [0, 0.1) is 0 Å². The van der Waals surface area contributed by atoms with Crippen LogP contribution < -0.4 is 5.32 Å². The Hall–Kier alpha value is -0.900. The van der Waals surface area contributed by atoms with Crippen molar-refractivity contribution in [3.05, 3.63) is 35.4 Å². The van der Waals surface area contributed by atoms with E-state index in [9.17, 15) is 5.11 Å². The van der Waals surface area contributed by atoms with Gasteiger partial charge >= 0.3 is 0 Å². The van der Waals surface area contributed by atoms with Gasteiger partial charge in [-0.05, 0) is 24.0 Å². The number of hydrogen-bond acceptors (Lipinski definition) is 3. The van der Waals surface area contributed by atoms with E-state index in [2.05, 4.69) is 50.4 Å². The first-order valence-corrected chi connectivity index (χ1v) is 6.54. The van der Waals surface area contributed by atoms with E-state index in [1.807, 2.05) is 0 Å². The second-order valence-electron chi connectivity index (χ2n) is 5.06. The molecule has 1 rings (SSSR count). The minimum absolute atomic E-state index is 0.234. The molecule has 0 aromatic heterocycles. The van der Waals surface area contributed by atoms with E-state index in [0.29, 0.717) is 19.1 Å². The molecule has 1 aromatic rings. The summed E-state index contributed by atoms with van der Waals surface area (Å²) in [5.41, 5.74) is 2.59.